The van der Waals surface area contributed by atoms with E-state index in [1.807, 2.05) is 23.7 Å². The highest BCUT2D eigenvalue weighted by Gasteiger charge is 2.41. The smallest absolute Gasteiger partial charge is 0.123 e. The molecule has 0 bridgehead atoms. The van der Waals surface area contributed by atoms with Crippen LogP contribution in [0.25, 0.3) is 0 Å². The molecule has 2 aliphatic rings. The van der Waals surface area contributed by atoms with Gasteiger partial charge in [0.25, 0.3) is 0 Å². The molecule has 2 aromatic rings. The van der Waals surface area contributed by atoms with Crippen LogP contribution in [0.5, 0.6) is 0 Å². The third kappa shape index (κ3) is 4.26. The molecule has 0 N–H and O–H groups in total. The molecule has 4 rings (SSSR count). The van der Waals surface area contributed by atoms with Gasteiger partial charge < -0.3 is 4.74 Å². The molecular formula is C19H24FN3OS. The number of rotatable bonds is 4. The van der Waals surface area contributed by atoms with Crippen molar-refractivity contribution in [3.8, 4) is 0 Å². The van der Waals surface area contributed by atoms with Gasteiger partial charge in [-0.05, 0) is 30.7 Å². The van der Waals surface area contributed by atoms with Gasteiger partial charge in [0.15, 0.2) is 0 Å². The predicted molar refractivity (Wildman–Crippen MR) is 96.9 cm³/mol. The highest BCUT2D eigenvalue weighted by molar-refractivity contribution is 7.09. The fourth-order valence-corrected chi connectivity index (χ4v) is 4.65. The van der Waals surface area contributed by atoms with Crippen LogP contribution in [0.1, 0.15) is 17.0 Å². The van der Waals surface area contributed by atoms with Gasteiger partial charge in [0.05, 0.1) is 19.8 Å². The lowest BCUT2D eigenvalue weighted by atomic mass is 9.87. The van der Waals surface area contributed by atoms with Crippen LogP contribution in [-0.2, 0) is 17.8 Å². The number of likely N-dealkylation sites (tertiary alicyclic amines) is 1. The normalized spacial score (nSPS) is 25.5. The molecule has 0 radical (unpaired) electrons. The molecule has 3 heterocycles. The molecule has 6 heteroatoms. The standard InChI is InChI=1S/C19H24FN3OS/c20-17-3-1-16(2-4-17)11-23-8-9-24-15-19(14-23)5-7-22(13-19)12-18-21-6-10-25-18/h1-4,6,10H,5,7-9,11-15H2/t19-/m1/s1. The van der Waals surface area contributed by atoms with E-state index in [9.17, 15) is 4.39 Å². The van der Waals surface area contributed by atoms with E-state index in [0.717, 1.165) is 64.5 Å². The van der Waals surface area contributed by atoms with Crippen LogP contribution in [0.3, 0.4) is 0 Å². The van der Waals surface area contributed by atoms with Crippen LogP contribution >= 0.6 is 11.3 Å². The van der Waals surface area contributed by atoms with Gasteiger partial charge in [-0.25, -0.2) is 9.37 Å². The third-order valence-electron chi connectivity index (χ3n) is 5.20. The summed E-state index contributed by atoms with van der Waals surface area (Å²) in [6, 6.07) is 6.86. The van der Waals surface area contributed by atoms with E-state index in [2.05, 4.69) is 14.8 Å². The monoisotopic (exact) mass is 361 g/mol. The van der Waals surface area contributed by atoms with Crippen molar-refractivity contribution in [2.24, 2.45) is 5.41 Å². The van der Waals surface area contributed by atoms with Crippen molar-refractivity contribution < 1.29 is 9.13 Å². The van der Waals surface area contributed by atoms with Crippen molar-refractivity contribution in [1.29, 1.82) is 0 Å². The lowest BCUT2D eigenvalue weighted by molar-refractivity contribution is 0.0706. The molecular weight excluding hydrogens is 337 g/mol. The summed E-state index contributed by atoms with van der Waals surface area (Å²) in [5.41, 5.74) is 1.37. The van der Waals surface area contributed by atoms with Crippen LogP contribution in [0.15, 0.2) is 35.8 Å². The number of hydrogen-bond acceptors (Lipinski definition) is 5. The Bertz CT molecular complexity index is 678. The molecule has 4 nitrogen and oxygen atoms in total. The van der Waals surface area contributed by atoms with Gasteiger partial charge in [-0.2, -0.15) is 0 Å². The van der Waals surface area contributed by atoms with Crippen molar-refractivity contribution in [1.82, 2.24) is 14.8 Å². The summed E-state index contributed by atoms with van der Waals surface area (Å²) in [5.74, 6) is -0.173. The topological polar surface area (TPSA) is 28.6 Å². The number of benzene rings is 1. The second-order valence-electron chi connectivity index (χ2n) is 7.28. The quantitative estimate of drug-likeness (QED) is 0.837. The molecule has 0 aliphatic carbocycles. The largest absolute Gasteiger partial charge is 0.379 e. The van der Waals surface area contributed by atoms with Crippen molar-refractivity contribution in [3.63, 3.8) is 0 Å². The van der Waals surface area contributed by atoms with E-state index in [0.29, 0.717) is 0 Å². The van der Waals surface area contributed by atoms with Crippen LogP contribution in [0.2, 0.25) is 0 Å². The summed E-state index contributed by atoms with van der Waals surface area (Å²) in [4.78, 5) is 9.38. The van der Waals surface area contributed by atoms with Crippen molar-refractivity contribution in [2.75, 3.05) is 39.4 Å². The number of aromatic nitrogens is 1. The zero-order chi connectivity index (χ0) is 17.1. The third-order valence-corrected chi connectivity index (χ3v) is 5.96. The van der Waals surface area contributed by atoms with E-state index in [4.69, 9.17) is 4.74 Å². The molecule has 25 heavy (non-hydrogen) atoms. The summed E-state index contributed by atoms with van der Waals surface area (Å²) >= 11 is 1.73. The Kier molecular flexibility index (Phi) is 5.12. The first-order valence-corrected chi connectivity index (χ1v) is 9.74. The molecule has 2 aliphatic heterocycles. The Morgan fingerprint density at radius 3 is 2.68 bits per heavy atom. The number of ether oxygens (including phenoxy) is 1. The van der Waals surface area contributed by atoms with Gasteiger partial charge >= 0.3 is 0 Å². The Morgan fingerprint density at radius 1 is 1.12 bits per heavy atom. The van der Waals surface area contributed by atoms with Gasteiger partial charge in [-0.1, -0.05) is 12.1 Å². The van der Waals surface area contributed by atoms with Gasteiger partial charge in [-0.3, -0.25) is 9.80 Å². The molecule has 2 saturated heterocycles. The Labute approximate surface area is 152 Å². The van der Waals surface area contributed by atoms with Crippen molar-refractivity contribution in [3.05, 3.63) is 52.2 Å². The average molecular weight is 361 g/mol. The number of thiazole rings is 1. The molecule has 1 aromatic carbocycles. The van der Waals surface area contributed by atoms with Crippen molar-refractivity contribution in [2.45, 2.75) is 19.5 Å². The van der Waals surface area contributed by atoms with Gasteiger partial charge in [0.2, 0.25) is 0 Å². The summed E-state index contributed by atoms with van der Waals surface area (Å²) in [6.07, 6.45) is 3.04. The zero-order valence-electron chi connectivity index (χ0n) is 14.4. The molecule has 2 fully saturated rings. The van der Waals surface area contributed by atoms with Crippen molar-refractivity contribution >= 4 is 11.3 Å². The first-order valence-electron chi connectivity index (χ1n) is 8.86. The molecule has 0 amide bonds. The Hall–Kier alpha value is -1.34. The summed E-state index contributed by atoms with van der Waals surface area (Å²) < 4.78 is 19.1. The second kappa shape index (κ2) is 7.50. The number of nitrogens with zero attached hydrogens (tertiary/aromatic N) is 3. The van der Waals surface area contributed by atoms with E-state index in [1.54, 1.807) is 23.5 Å². The molecule has 134 valence electrons. The van der Waals surface area contributed by atoms with Crippen LogP contribution in [0.4, 0.5) is 4.39 Å². The van der Waals surface area contributed by atoms with Gasteiger partial charge in [0, 0.05) is 43.2 Å². The van der Waals surface area contributed by atoms with E-state index < -0.39 is 0 Å². The maximum absolute atomic E-state index is 13.1. The van der Waals surface area contributed by atoms with E-state index in [-0.39, 0.29) is 11.2 Å². The van der Waals surface area contributed by atoms with Crippen LogP contribution < -0.4 is 0 Å². The molecule has 0 unspecified atom stereocenters. The average Bonchev–Trinajstić information content (AvgIpc) is 3.20. The number of hydrogen-bond donors (Lipinski definition) is 0. The van der Waals surface area contributed by atoms with Crippen LogP contribution in [-0.4, -0.2) is 54.2 Å². The van der Waals surface area contributed by atoms with E-state index in [1.165, 1.54) is 5.01 Å². The lowest BCUT2D eigenvalue weighted by Crippen LogP contribution is -2.40. The molecule has 1 aromatic heterocycles. The zero-order valence-corrected chi connectivity index (χ0v) is 15.2. The first-order chi connectivity index (χ1) is 12.2. The van der Waals surface area contributed by atoms with E-state index >= 15 is 0 Å². The lowest BCUT2D eigenvalue weighted by Gasteiger charge is -2.32. The van der Waals surface area contributed by atoms with Gasteiger partial charge in [0.1, 0.15) is 10.8 Å². The fraction of sp³-hybridized carbons (Fsp3) is 0.526. The Balaban J connectivity index is 1.40. The summed E-state index contributed by atoms with van der Waals surface area (Å²) in [5, 5.41) is 3.23. The maximum atomic E-state index is 13.1. The summed E-state index contributed by atoms with van der Waals surface area (Å²) in [6.45, 7) is 7.55. The molecule has 1 atom stereocenters. The predicted octanol–water partition coefficient (Wildman–Crippen LogP) is 3.01. The highest BCUT2D eigenvalue weighted by Crippen LogP contribution is 2.34. The Morgan fingerprint density at radius 2 is 1.92 bits per heavy atom. The minimum absolute atomic E-state index is 0.173. The van der Waals surface area contributed by atoms with Gasteiger partial charge in [-0.15, -0.1) is 11.3 Å². The van der Waals surface area contributed by atoms with Crippen LogP contribution in [0, 0.1) is 11.2 Å². The minimum Gasteiger partial charge on any atom is -0.379 e. The molecule has 1 spiro atoms. The number of halogens is 1. The maximum Gasteiger partial charge on any atom is 0.123 e. The minimum atomic E-state index is -0.173. The summed E-state index contributed by atoms with van der Waals surface area (Å²) in [7, 11) is 0. The molecule has 0 saturated carbocycles. The second-order valence-corrected chi connectivity index (χ2v) is 8.26. The highest BCUT2D eigenvalue weighted by atomic mass is 32.1. The fourth-order valence-electron chi connectivity index (χ4n) is 4.00. The SMILES string of the molecule is Fc1ccc(CN2CCOC[C@@]3(CCN(Cc4nccs4)C3)C2)cc1. The first kappa shape index (κ1) is 17.1.